The van der Waals surface area contributed by atoms with Crippen molar-refractivity contribution in [2.45, 2.75) is 25.3 Å². The fourth-order valence-corrected chi connectivity index (χ4v) is 2.77. The van der Waals surface area contributed by atoms with Gasteiger partial charge < -0.3 is 4.90 Å². The van der Waals surface area contributed by atoms with Crippen LogP contribution in [0, 0.1) is 11.3 Å². The Morgan fingerprint density at radius 2 is 2.28 bits per heavy atom. The molecule has 0 aromatic heterocycles. The van der Waals surface area contributed by atoms with Crippen LogP contribution in [0.5, 0.6) is 0 Å². The first-order valence-corrected chi connectivity index (χ1v) is 6.51. The van der Waals surface area contributed by atoms with Crippen molar-refractivity contribution >= 4 is 29.1 Å². The van der Waals surface area contributed by atoms with E-state index in [-0.39, 0.29) is 18.4 Å². The van der Waals surface area contributed by atoms with E-state index < -0.39 is 0 Å². The molecule has 1 fully saturated rings. The molecule has 1 aromatic carbocycles. The van der Waals surface area contributed by atoms with Crippen molar-refractivity contribution in [1.29, 1.82) is 5.26 Å². The van der Waals surface area contributed by atoms with Crippen LogP contribution in [0.15, 0.2) is 18.2 Å². The molecule has 0 saturated carbocycles. The first-order valence-electron chi connectivity index (χ1n) is 5.75. The second-order valence-corrected chi connectivity index (χ2v) is 5.01. The van der Waals surface area contributed by atoms with Gasteiger partial charge >= 0.3 is 0 Å². The van der Waals surface area contributed by atoms with E-state index >= 15 is 0 Å². The molecule has 1 aliphatic rings. The van der Waals surface area contributed by atoms with Crippen LogP contribution >= 0.6 is 23.2 Å². The number of benzene rings is 1. The molecule has 0 spiro atoms. The van der Waals surface area contributed by atoms with Crippen molar-refractivity contribution in [2.24, 2.45) is 0 Å². The summed E-state index contributed by atoms with van der Waals surface area (Å²) >= 11 is 12.2. The second-order valence-electron chi connectivity index (χ2n) is 4.22. The highest BCUT2D eigenvalue weighted by atomic mass is 35.5. The van der Waals surface area contributed by atoms with Gasteiger partial charge in [-0.3, -0.25) is 4.79 Å². The smallest absolute Gasteiger partial charge is 0.237 e. The number of rotatable bonds is 2. The van der Waals surface area contributed by atoms with E-state index in [1.807, 2.05) is 18.2 Å². The van der Waals surface area contributed by atoms with Crippen LogP contribution < -0.4 is 0 Å². The SMILES string of the molecule is N#CCC(=O)N1CCCC1c1cccc(Cl)c1Cl. The summed E-state index contributed by atoms with van der Waals surface area (Å²) in [4.78, 5) is 13.6. The molecule has 1 unspecified atom stereocenters. The number of hydrogen-bond acceptors (Lipinski definition) is 2. The molecule has 0 bridgehead atoms. The van der Waals surface area contributed by atoms with Gasteiger partial charge in [0, 0.05) is 6.54 Å². The van der Waals surface area contributed by atoms with Crippen molar-refractivity contribution in [3.8, 4) is 6.07 Å². The Kier molecular flexibility index (Phi) is 4.11. The van der Waals surface area contributed by atoms with Crippen molar-refractivity contribution in [2.75, 3.05) is 6.54 Å². The summed E-state index contributed by atoms with van der Waals surface area (Å²) in [5, 5.41) is 9.60. The van der Waals surface area contributed by atoms with Gasteiger partial charge in [0.15, 0.2) is 0 Å². The highest BCUT2D eigenvalue weighted by Crippen LogP contribution is 2.38. The Morgan fingerprint density at radius 1 is 1.50 bits per heavy atom. The van der Waals surface area contributed by atoms with Gasteiger partial charge in [-0.15, -0.1) is 0 Å². The van der Waals surface area contributed by atoms with E-state index in [4.69, 9.17) is 28.5 Å². The first kappa shape index (κ1) is 13.2. The summed E-state index contributed by atoms with van der Waals surface area (Å²) in [7, 11) is 0. The normalized spacial score (nSPS) is 18.7. The Bertz CT molecular complexity index is 510. The summed E-state index contributed by atoms with van der Waals surface area (Å²) in [6, 6.07) is 7.27. The third-order valence-electron chi connectivity index (χ3n) is 3.14. The standard InChI is InChI=1S/C13H12Cl2N2O/c14-10-4-1-3-9(13(10)15)11-5-2-8-17(11)12(18)6-7-16/h1,3-4,11H,2,5-6,8H2. The summed E-state index contributed by atoms with van der Waals surface area (Å²) in [6.45, 7) is 0.675. The zero-order valence-corrected chi connectivity index (χ0v) is 11.2. The van der Waals surface area contributed by atoms with Gasteiger partial charge in [0.25, 0.3) is 0 Å². The van der Waals surface area contributed by atoms with Crippen LogP contribution in [0.3, 0.4) is 0 Å². The van der Waals surface area contributed by atoms with Crippen LogP contribution in [-0.2, 0) is 4.79 Å². The lowest BCUT2D eigenvalue weighted by Crippen LogP contribution is -2.30. The van der Waals surface area contributed by atoms with Gasteiger partial charge in [0.2, 0.25) is 5.91 Å². The lowest BCUT2D eigenvalue weighted by Gasteiger charge is -2.25. The topological polar surface area (TPSA) is 44.1 Å². The van der Waals surface area contributed by atoms with Gasteiger partial charge in [-0.1, -0.05) is 35.3 Å². The van der Waals surface area contributed by atoms with Crippen molar-refractivity contribution in [3.05, 3.63) is 33.8 Å². The molecule has 1 amide bonds. The lowest BCUT2D eigenvalue weighted by atomic mass is 10.0. The van der Waals surface area contributed by atoms with Crippen molar-refractivity contribution in [3.63, 3.8) is 0 Å². The van der Waals surface area contributed by atoms with E-state index in [0.717, 1.165) is 18.4 Å². The number of nitrogens with zero attached hydrogens (tertiary/aromatic N) is 2. The van der Waals surface area contributed by atoms with E-state index in [1.165, 1.54) is 0 Å². The molecule has 0 radical (unpaired) electrons. The molecular formula is C13H12Cl2N2O. The van der Waals surface area contributed by atoms with Gasteiger partial charge in [-0.25, -0.2) is 0 Å². The number of halogens is 2. The minimum Gasteiger partial charge on any atom is -0.335 e. The minimum atomic E-state index is -0.143. The maximum Gasteiger partial charge on any atom is 0.237 e. The molecule has 1 saturated heterocycles. The number of carbonyl (C=O) groups excluding carboxylic acids is 1. The molecule has 0 N–H and O–H groups in total. The molecule has 1 heterocycles. The maximum atomic E-state index is 11.9. The van der Waals surface area contributed by atoms with Gasteiger partial charge in [0.05, 0.1) is 22.2 Å². The summed E-state index contributed by atoms with van der Waals surface area (Å²) < 4.78 is 0. The van der Waals surface area contributed by atoms with E-state index in [9.17, 15) is 4.79 Å². The third-order valence-corrected chi connectivity index (χ3v) is 3.98. The Hall–Kier alpha value is -1.24. The second kappa shape index (κ2) is 5.60. The summed E-state index contributed by atoms with van der Waals surface area (Å²) in [6.07, 6.45) is 1.69. The van der Waals surface area contributed by atoms with Gasteiger partial charge in [-0.05, 0) is 24.5 Å². The maximum absolute atomic E-state index is 11.9. The molecule has 0 aliphatic carbocycles. The van der Waals surface area contributed by atoms with Gasteiger partial charge in [-0.2, -0.15) is 5.26 Å². The van der Waals surface area contributed by atoms with Crippen LogP contribution in [0.25, 0.3) is 0 Å². The van der Waals surface area contributed by atoms with Crippen LogP contribution in [-0.4, -0.2) is 17.4 Å². The Morgan fingerprint density at radius 3 is 3.00 bits per heavy atom. The first-order chi connectivity index (χ1) is 8.65. The van der Waals surface area contributed by atoms with Crippen LogP contribution in [0.4, 0.5) is 0 Å². The zero-order valence-electron chi connectivity index (χ0n) is 9.70. The Labute approximate surface area is 116 Å². The molecule has 1 aliphatic heterocycles. The fourth-order valence-electron chi connectivity index (χ4n) is 2.34. The predicted molar refractivity (Wildman–Crippen MR) is 70.4 cm³/mol. The van der Waals surface area contributed by atoms with E-state index in [1.54, 1.807) is 11.0 Å². The number of carbonyl (C=O) groups is 1. The molecule has 94 valence electrons. The molecule has 1 atom stereocenters. The molecule has 3 nitrogen and oxygen atoms in total. The number of likely N-dealkylation sites (tertiary alicyclic amines) is 1. The highest BCUT2D eigenvalue weighted by Gasteiger charge is 2.31. The quantitative estimate of drug-likeness (QED) is 0.832. The molecule has 5 heteroatoms. The van der Waals surface area contributed by atoms with Crippen molar-refractivity contribution in [1.82, 2.24) is 4.90 Å². The van der Waals surface area contributed by atoms with Crippen LogP contribution in [0.2, 0.25) is 10.0 Å². The number of hydrogen-bond donors (Lipinski definition) is 0. The molecule has 2 rings (SSSR count). The van der Waals surface area contributed by atoms with Crippen molar-refractivity contribution < 1.29 is 4.79 Å². The molecule has 18 heavy (non-hydrogen) atoms. The Balaban J connectivity index is 2.29. The number of nitriles is 1. The summed E-state index contributed by atoms with van der Waals surface area (Å²) in [5.74, 6) is -0.143. The average molecular weight is 283 g/mol. The van der Waals surface area contributed by atoms with Gasteiger partial charge in [0.1, 0.15) is 6.42 Å². The fraction of sp³-hybridized carbons (Fsp3) is 0.385. The monoisotopic (exact) mass is 282 g/mol. The predicted octanol–water partition coefficient (Wildman–Crippen LogP) is 3.57. The van der Waals surface area contributed by atoms with Crippen LogP contribution in [0.1, 0.15) is 30.9 Å². The van der Waals surface area contributed by atoms with E-state index in [0.29, 0.717) is 16.6 Å². The molecule has 1 aromatic rings. The lowest BCUT2D eigenvalue weighted by molar-refractivity contribution is -0.131. The van der Waals surface area contributed by atoms with E-state index in [2.05, 4.69) is 0 Å². The minimum absolute atomic E-state index is 0.0583. The third kappa shape index (κ3) is 2.45. The summed E-state index contributed by atoms with van der Waals surface area (Å²) in [5.41, 5.74) is 0.868. The largest absolute Gasteiger partial charge is 0.335 e. The highest BCUT2D eigenvalue weighted by molar-refractivity contribution is 6.42. The molecular weight excluding hydrogens is 271 g/mol. The average Bonchev–Trinajstić information content (AvgIpc) is 2.82. The zero-order chi connectivity index (χ0) is 13.1. The number of amides is 1.